The van der Waals surface area contributed by atoms with Crippen LogP contribution in [0.4, 0.5) is 0 Å². The Kier molecular flexibility index (Phi) is 5.24. The van der Waals surface area contributed by atoms with Crippen molar-refractivity contribution in [3.05, 3.63) is 70.8 Å². The first-order chi connectivity index (χ1) is 13.6. The molecule has 0 fully saturated rings. The second-order valence-electron chi connectivity index (χ2n) is 8.13. The number of rotatable bonds is 4. The van der Waals surface area contributed by atoms with E-state index in [4.69, 9.17) is 4.84 Å². The average molecular weight is 394 g/mol. The molecule has 0 spiro atoms. The van der Waals surface area contributed by atoms with E-state index < -0.39 is 17.8 Å². The highest BCUT2D eigenvalue weighted by Crippen LogP contribution is 2.23. The van der Waals surface area contributed by atoms with Gasteiger partial charge in [0.2, 0.25) is 0 Å². The van der Waals surface area contributed by atoms with E-state index >= 15 is 0 Å². The number of carbonyl (C=O) groups excluding carboxylic acids is 4. The molecule has 7 heteroatoms. The van der Waals surface area contributed by atoms with Crippen LogP contribution in [0, 0.1) is 5.41 Å². The van der Waals surface area contributed by atoms with E-state index in [0.717, 1.165) is 0 Å². The van der Waals surface area contributed by atoms with Crippen molar-refractivity contribution in [1.29, 1.82) is 0 Å². The predicted octanol–water partition coefficient (Wildman–Crippen LogP) is 3.17. The summed E-state index contributed by atoms with van der Waals surface area (Å²) in [6, 6.07) is 12.2. The molecule has 29 heavy (non-hydrogen) atoms. The van der Waals surface area contributed by atoms with Gasteiger partial charge in [0, 0.05) is 19.2 Å². The topological polar surface area (TPSA) is 84.0 Å². The second kappa shape index (κ2) is 7.50. The van der Waals surface area contributed by atoms with Crippen molar-refractivity contribution >= 4 is 23.7 Å². The molecule has 150 valence electrons. The first-order valence-corrected chi connectivity index (χ1v) is 9.14. The first-order valence-electron chi connectivity index (χ1n) is 9.14. The highest BCUT2D eigenvalue weighted by molar-refractivity contribution is 6.21. The SMILES string of the molecule is CN(CC(C)(C)C)C(=O)c1cccc(C(=O)ON2C(=O)c3ccccc3C2=O)c1. The molecular formula is C22H22N2O5. The molecule has 1 aliphatic heterocycles. The van der Waals surface area contributed by atoms with Gasteiger partial charge in [-0.3, -0.25) is 14.4 Å². The van der Waals surface area contributed by atoms with Crippen LogP contribution in [0.2, 0.25) is 0 Å². The maximum absolute atomic E-state index is 12.6. The minimum Gasteiger partial charge on any atom is -0.341 e. The number of imide groups is 1. The third-order valence-corrected chi connectivity index (χ3v) is 4.33. The van der Waals surface area contributed by atoms with Crippen molar-refractivity contribution in [2.24, 2.45) is 5.41 Å². The highest BCUT2D eigenvalue weighted by atomic mass is 16.7. The Labute approximate surface area is 168 Å². The van der Waals surface area contributed by atoms with Crippen LogP contribution in [0.1, 0.15) is 62.2 Å². The monoisotopic (exact) mass is 394 g/mol. The lowest BCUT2D eigenvalue weighted by Gasteiger charge is -2.26. The minimum absolute atomic E-state index is 0.0663. The maximum atomic E-state index is 12.6. The van der Waals surface area contributed by atoms with E-state index in [1.54, 1.807) is 36.2 Å². The standard InChI is InChI=1S/C22H22N2O5/c1-22(2,3)13-23(4)18(25)14-8-7-9-15(12-14)21(28)29-24-19(26)16-10-5-6-11-17(16)20(24)27/h5-12H,13H2,1-4H3. The average Bonchev–Trinajstić information content (AvgIpc) is 2.91. The molecule has 7 nitrogen and oxygen atoms in total. The molecule has 0 aromatic heterocycles. The minimum atomic E-state index is -0.896. The number of nitrogens with zero attached hydrogens (tertiary/aromatic N) is 2. The Morgan fingerprint density at radius 3 is 2.03 bits per heavy atom. The molecule has 0 bridgehead atoms. The van der Waals surface area contributed by atoms with Crippen molar-refractivity contribution in [1.82, 2.24) is 9.96 Å². The molecule has 0 aliphatic carbocycles. The van der Waals surface area contributed by atoms with Crippen LogP contribution in [0.3, 0.4) is 0 Å². The van der Waals surface area contributed by atoms with Gasteiger partial charge in [-0.1, -0.05) is 44.0 Å². The predicted molar refractivity (Wildman–Crippen MR) is 105 cm³/mol. The Balaban J connectivity index is 1.76. The van der Waals surface area contributed by atoms with Gasteiger partial charge in [0.1, 0.15) is 0 Å². The summed E-state index contributed by atoms with van der Waals surface area (Å²) in [7, 11) is 1.69. The van der Waals surface area contributed by atoms with Gasteiger partial charge in [0.05, 0.1) is 16.7 Å². The smallest absolute Gasteiger partial charge is 0.341 e. The van der Waals surface area contributed by atoms with Crippen LogP contribution < -0.4 is 0 Å². The normalized spacial score (nSPS) is 13.3. The van der Waals surface area contributed by atoms with E-state index in [1.165, 1.54) is 24.3 Å². The summed E-state index contributed by atoms with van der Waals surface area (Å²) in [6.45, 7) is 6.60. The van der Waals surface area contributed by atoms with Crippen LogP contribution in [0.25, 0.3) is 0 Å². The number of hydrogen-bond acceptors (Lipinski definition) is 5. The van der Waals surface area contributed by atoms with Crippen LogP contribution in [-0.4, -0.2) is 47.2 Å². The van der Waals surface area contributed by atoms with Gasteiger partial charge in [-0.2, -0.15) is 0 Å². The molecule has 0 N–H and O–H groups in total. The quantitative estimate of drug-likeness (QED) is 0.744. The second-order valence-corrected chi connectivity index (χ2v) is 8.13. The van der Waals surface area contributed by atoms with Gasteiger partial charge in [-0.15, -0.1) is 0 Å². The van der Waals surface area contributed by atoms with Crippen LogP contribution >= 0.6 is 0 Å². The third-order valence-electron chi connectivity index (χ3n) is 4.33. The van der Waals surface area contributed by atoms with Crippen molar-refractivity contribution in [2.45, 2.75) is 20.8 Å². The molecule has 0 atom stereocenters. The third kappa shape index (κ3) is 4.18. The fourth-order valence-corrected chi connectivity index (χ4v) is 3.17. The Bertz CT molecular complexity index is 971. The highest BCUT2D eigenvalue weighted by Gasteiger charge is 2.38. The molecule has 2 aromatic rings. The van der Waals surface area contributed by atoms with Crippen LogP contribution in [0.15, 0.2) is 48.5 Å². The molecule has 1 heterocycles. The molecule has 0 unspecified atom stereocenters. The van der Waals surface area contributed by atoms with Crippen molar-refractivity contribution in [2.75, 3.05) is 13.6 Å². The van der Waals surface area contributed by atoms with Crippen LogP contribution in [0.5, 0.6) is 0 Å². The lowest BCUT2D eigenvalue weighted by atomic mass is 9.96. The summed E-state index contributed by atoms with van der Waals surface area (Å²) in [5.41, 5.74) is 0.660. The summed E-state index contributed by atoms with van der Waals surface area (Å²) < 4.78 is 0. The molecule has 2 aromatic carbocycles. The number of carbonyl (C=O) groups is 4. The Hall–Kier alpha value is -3.48. The van der Waals surface area contributed by atoms with E-state index in [9.17, 15) is 19.2 Å². The number of hydroxylamine groups is 2. The fraction of sp³-hybridized carbons (Fsp3) is 0.273. The van der Waals surface area contributed by atoms with Gasteiger partial charge >= 0.3 is 5.97 Å². The zero-order chi connectivity index (χ0) is 21.3. The summed E-state index contributed by atoms with van der Waals surface area (Å²) in [5.74, 6) is -2.53. The van der Waals surface area contributed by atoms with E-state index in [1.807, 2.05) is 20.8 Å². The maximum Gasteiger partial charge on any atom is 0.363 e. The lowest BCUT2D eigenvalue weighted by molar-refractivity contribution is -0.0584. The van der Waals surface area contributed by atoms with Crippen molar-refractivity contribution in [3.63, 3.8) is 0 Å². The van der Waals surface area contributed by atoms with Crippen molar-refractivity contribution in [3.8, 4) is 0 Å². The summed E-state index contributed by atoms with van der Waals surface area (Å²) >= 11 is 0. The van der Waals surface area contributed by atoms with Gasteiger partial charge in [-0.25, -0.2) is 4.79 Å². The number of benzene rings is 2. The number of amides is 3. The van der Waals surface area contributed by atoms with E-state index in [-0.39, 0.29) is 28.0 Å². The van der Waals surface area contributed by atoms with Crippen molar-refractivity contribution < 1.29 is 24.0 Å². The summed E-state index contributed by atoms with van der Waals surface area (Å²) in [4.78, 5) is 56.5. The molecule has 1 aliphatic rings. The van der Waals surface area contributed by atoms with Gasteiger partial charge < -0.3 is 9.74 Å². The summed E-state index contributed by atoms with van der Waals surface area (Å²) in [5, 5.41) is 0.452. The van der Waals surface area contributed by atoms with E-state index in [0.29, 0.717) is 17.2 Å². The zero-order valence-electron chi connectivity index (χ0n) is 16.8. The molecular weight excluding hydrogens is 372 g/mol. The van der Waals surface area contributed by atoms with Crippen LogP contribution in [-0.2, 0) is 4.84 Å². The molecule has 0 radical (unpaired) electrons. The lowest BCUT2D eigenvalue weighted by Crippen LogP contribution is -2.35. The zero-order valence-corrected chi connectivity index (χ0v) is 16.8. The number of hydrogen-bond donors (Lipinski definition) is 0. The van der Waals surface area contributed by atoms with Gasteiger partial charge in [0.15, 0.2) is 0 Å². The fourth-order valence-electron chi connectivity index (χ4n) is 3.17. The van der Waals surface area contributed by atoms with Gasteiger partial charge in [0.25, 0.3) is 17.7 Å². The van der Waals surface area contributed by atoms with E-state index in [2.05, 4.69) is 0 Å². The van der Waals surface area contributed by atoms with Gasteiger partial charge in [-0.05, 0) is 35.7 Å². The molecule has 0 saturated carbocycles. The molecule has 3 rings (SSSR count). The largest absolute Gasteiger partial charge is 0.363 e. The molecule has 3 amide bonds. The first kappa shape index (κ1) is 20.3. The number of fused-ring (bicyclic) bond motifs is 1. The molecule has 0 saturated heterocycles. The Morgan fingerprint density at radius 2 is 1.48 bits per heavy atom. The Morgan fingerprint density at radius 1 is 0.931 bits per heavy atom. The summed E-state index contributed by atoms with van der Waals surface area (Å²) in [6.07, 6.45) is 0.